The molecule has 0 saturated heterocycles. The van der Waals surface area contributed by atoms with Gasteiger partial charge in [-0.3, -0.25) is 0 Å². The molecule has 3 rings (SSSR count). The van der Waals surface area contributed by atoms with E-state index in [4.69, 9.17) is 11.6 Å². The van der Waals surface area contributed by atoms with Gasteiger partial charge in [-0.2, -0.15) is 5.10 Å². The van der Waals surface area contributed by atoms with E-state index in [2.05, 4.69) is 20.0 Å². The van der Waals surface area contributed by atoms with Crippen LogP contribution in [0.2, 0.25) is 5.15 Å². The Balaban J connectivity index is 1.63. The second-order valence-corrected chi connectivity index (χ2v) is 5.49. The van der Waals surface area contributed by atoms with Gasteiger partial charge in [-0.25, -0.2) is 19.0 Å². The van der Waals surface area contributed by atoms with E-state index < -0.39 is 0 Å². The maximum Gasteiger partial charge on any atom is 0.162 e. The minimum atomic E-state index is -0.217. The van der Waals surface area contributed by atoms with Gasteiger partial charge in [-0.1, -0.05) is 23.7 Å². The molecule has 5 nitrogen and oxygen atoms in total. The fourth-order valence-electron chi connectivity index (χ4n) is 2.27. The lowest BCUT2D eigenvalue weighted by atomic mass is 10.2. The Kier molecular flexibility index (Phi) is 4.31. The molecule has 0 amide bonds. The number of benzene rings is 1. The molecule has 7 heteroatoms. The number of hydrogen-bond donors (Lipinski definition) is 0. The lowest BCUT2D eigenvalue weighted by Crippen LogP contribution is -2.23. The number of nitrogens with zero attached hydrogens (tertiary/aromatic N) is 5. The highest BCUT2D eigenvalue weighted by Gasteiger charge is 2.09. The van der Waals surface area contributed by atoms with Crippen molar-refractivity contribution in [2.24, 2.45) is 0 Å². The molecular formula is C15H15ClFN5. The van der Waals surface area contributed by atoms with E-state index in [9.17, 15) is 4.39 Å². The van der Waals surface area contributed by atoms with Crippen LogP contribution in [-0.2, 0) is 13.1 Å². The topological polar surface area (TPSA) is 46.8 Å². The van der Waals surface area contributed by atoms with Gasteiger partial charge < -0.3 is 4.90 Å². The van der Waals surface area contributed by atoms with Crippen LogP contribution in [0.5, 0.6) is 0 Å². The van der Waals surface area contributed by atoms with Crippen molar-refractivity contribution in [1.29, 1.82) is 0 Å². The summed E-state index contributed by atoms with van der Waals surface area (Å²) in [5.41, 5.74) is 1.80. The van der Waals surface area contributed by atoms with Crippen molar-refractivity contribution in [3.8, 4) is 0 Å². The standard InChI is InChI=1S/C15H15ClFN5/c1-21(9-11-2-4-12(17)5-3-11)6-7-22-15-13(8-20-22)14(16)18-10-19-15/h2-5,8,10H,6-7,9H2,1H3. The van der Waals surface area contributed by atoms with Gasteiger partial charge in [0.05, 0.1) is 18.1 Å². The van der Waals surface area contributed by atoms with Crippen molar-refractivity contribution in [1.82, 2.24) is 24.6 Å². The molecule has 0 N–H and O–H groups in total. The molecule has 0 atom stereocenters. The van der Waals surface area contributed by atoms with Crippen molar-refractivity contribution in [3.05, 3.63) is 53.3 Å². The number of rotatable bonds is 5. The highest BCUT2D eigenvalue weighted by molar-refractivity contribution is 6.33. The molecule has 0 aliphatic rings. The van der Waals surface area contributed by atoms with E-state index in [-0.39, 0.29) is 5.82 Å². The summed E-state index contributed by atoms with van der Waals surface area (Å²) >= 11 is 6.01. The Labute approximate surface area is 132 Å². The van der Waals surface area contributed by atoms with Crippen LogP contribution >= 0.6 is 11.6 Å². The summed E-state index contributed by atoms with van der Waals surface area (Å²) in [5.74, 6) is -0.217. The number of aromatic nitrogens is 4. The summed E-state index contributed by atoms with van der Waals surface area (Å²) in [6.07, 6.45) is 3.11. The minimum Gasteiger partial charge on any atom is -0.300 e. The third-order valence-electron chi connectivity index (χ3n) is 3.44. The molecule has 0 saturated carbocycles. The summed E-state index contributed by atoms with van der Waals surface area (Å²) < 4.78 is 14.7. The van der Waals surface area contributed by atoms with Gasteiger partial charge in [-0.15, -0.1) is 0 Å². The predicted octanol–water partition coefficient (Wildman–Crippen LogP) is 2.75. The van der Waals surface area contributed by atoms with Gasteiger partial charge in [-0.05, 0) is 24.7 Å². The fraction of sp³-hybridized carbons (Fsp3) is 0.267. The van der Waals surface area contributed by atoms with E-state index in [0.29, 0.717) is 11.7 Å². The van der Waals surface area contributed by atoms with Crippen LogP contribution in [0.15, 0.2) is 36.8 Å². The molecule has 0 spiro atoms. The normalized spacial score (nSPS) is 11.5. The van der Waals surface area contributed by atoms with Gasteiger partial charge in [0.1, 0.15) is 17.3 Å². The highest BCUT2D eigenvalue weighted by atomic mass is 35.5. The first-order valence-electron chi connectivity index (χ1n) is 6.88. The number of likely N-dealkylation sites (N-methyl/N-ethyl adjacent to an activating group) is 1. The maximum absolute atomic E-state index is 12.9. The van der Waals surface area contributed by atoms with Gasteiger partial charge in [0.15, 0.2) is 5.65 Å². The third-order valence-corrected chi connectivity index (χ3v) is 3.75. The van der Waals surface area contributed by atoms with Crippen LogP contribution in [0.1, 0.15) is 5.56 Å². The fourth-order valence-corrected chi connectivity index (χ4v) is 2.45. The number of fused-ring (bicyclic) bond motifs is 1. The molecule has 0 bridgehead atoms. The van der Waals surface area contributed by atoms with Crippen molar-refractivity contribution in [2.45, 2.75) is 13.1 Å². The average Bonchev–Trinajstić information content (AvgIpc) is 2.92. The second-order valence-electron chi connectivity index (χ2n) is 5.13. The summed E-state index contributed by atoms with van der Waals surface area (Å²) in [6, 6.07) is 6.54. The van der Waals surface area contributed by atoms with Crippen molar-refractivity contribution >= 4 is 22.6 Å². The molecule has 3 aromatic rings. The molecule has 0 aliphatic heterocycles. The molecular weight excluding hydrogens is 305 g/mol. The number of hydrogen-bond acceptors (Lipinski definition) is 4. The second kappa shape index (κ2) is 6.37. The molecule has 0 radical (unpaired) electrons. The third kappa shape index (κ3) is 3.23. The molecule has 114 valence electrons. The summed E-state index contributed by atoms with van der Waals surface area (Å²) in [7, 11) is 2.01. The quantitative estimate of drug-likeness (QED) is 0.678. The summed E-state index contributed by atoms with van der Waals surface area (Å²) in [4.78, 5) is 10.3. The summed E-state index contributed by atoms with van der Waals surface area (Å²) in [6.45, 7) is 2.22. The van der Waals surface area contributed by atoms with Crippen LogP contribution < -0.4 is 0 Å². The van der Waals surface area contributed by atoms with E-state index in [1.54, 1.807) is 18.3 Å². The van der Waals surface area contributed by atoms with E-state index in [1.807, 2.05) is 11.7 Å². The Hall–Kier alpha value is -2.05. The van der Waals surface area contributed by atoms with Crippen LogP contribution in [0.4, 0.5) is 4.39 Å². The van der Waals surface area contributed by atoms with Gasteiger partial charge in [0.2, 0.25) is 0 Å². The Morgan fingerprint density at radius 2 is 2.00 bits per heavy atom. The Morgan fingerprint density at radius 3 is 2.77 bits per heavy atom. The highest BCUT2D eigenvalue weighted by Crippen LogP contribution is 2.18. The molecule has 1 aromatic carbocycles. The Bertz CT molecular complexity index is 771. The maximum atomic E-state index is 12.9. The van der Waals surface area contributed by atoms with Gasteiger partial charge in [0.25, 0.3) is 0 Å². The lowest BCUT2D eigenvalue weighted by Gasteiger charge is -2.16. The van der Waals surface area contributed by atoms with Crippen LogP contribution in [0.25, 0.3) is 11.0 Å². The molecule has 2 heterocycles. The van der Waals surface area contributed by atoms with Gasteiger partial charge >= 0.3 is 0 Å². The molecule has 0 aliphatic carbocycles. The van der Waals surface area contributed by atoms with Crippen LogP contribution in [0, 0.1) is 5.82 Å². The first kappa shape index (κ1) is 14.9. The molecule has 0 unspecified atom stereocenters. The Morgan fingerprint density at radius 1 is 1.23 bits per heavy atom. The molecule has 0 fully saturated rings. The summed E-state index contributed by atoms with van der Waals surface area (Å²) in [5, 5.41) is 5.47. The van der Waals surface area contributed by atoms with Crippen molar-refractivity contribution < 1.29 is 4.39 Å². The van der Waals surface area contributed by atoms with E-state index in [0.717, 1.165) is 29.7 Å². The zero-order valence-corrected chi connectivity index (χ0v) is 12.8. The average molecular weight is 320 g/mol. The predicted molar refractivity (Wildman–Crippen MR) is 83.1 cm³/mol. The van der Waals surface area contributed by atoms with E-state index in [1.165, 1.54) is 18.5 Å². The minimum absolute atomic E-state index is 0.217. The lowest BCUT2D eigenvalue weighted by molar-refractivity contribution is 0.307. The first-order valence-corrected chi connectivity index (χ1v) is 7.26. The smallest absolute Gasteiger partial charge is 0.162 e. The van der Waals surface area contributed by atoms with Crippen molar-refractivity contribution in [3.63, 3.8) is 0 Å². The van der Waals surface area contributed by atoms with Crippen LogP contribution in [-0.4, -0.2) is 38.2 Å². The van der Waals surface area contributed by atoms with Crippen LogP contribution in [0.3, 0.4) is 0 Å². The first-order chi connectivity index (χ1) is 10.6. The largest absolute Gasteiger partial charge is 0.300 e. The SMILES string of the molecule is CN(CCn1ncc2c(Cl)ncnc21)Cc1ccc(F)cc1. The molecule has 22 heavy (non-hydrogen) atoms. The van der Waals surface area contributed by atoms with E-state index >= 15 is 0 Å². The zero-order chi connectivity index (χ0) is 15.5. The molecule has 2 aromatic heterocycles. The monoisotopic (exact) mass is 319 g/mol. The zero-order valence-electron chi connectivity index (χ0n) is 12.1. The number of halogens is 2. The van der Waals surface area contributed by atoms with Crippen molar-refractivity contribution in [2.75, 3.05) is 13.6 Å². The van der Waals surface area contributed by atoms with Gasteiger partial charge in [0, 0.05) is 13.1 Å².